The maximum atomic E-state index is 12.6. The van der Waals surface area contributed by atoms with E-state index >= 15 is 0 Å². The van der Waals surface area contributed by atoms with Crippen LogP contribution in [0.5, 0.6) is 0 Å². The standard InChI is InChI=1S/C19H28O2/c1-18-9-4-3-5-11(18)6-7-12-13(18)8-10-19(2)14(12)15-16(21-15)17(19)20/h11-16H,3-10H2,1-2H3/t11-,12+,13-,14-,15+,16-,18+,19+/m1/s1. The maximum Gasteiger partial charge on any atom is 0.170 e. The van der Waals surface area contributed by atoms with Crippen LogP contribution in [0.1, 0.15) is 65.2 Å². The zero-order chi connectivity index (χ0) is 14.4. The quantitative estimate of drug-likeness (QED) is 0.631. The number of fused-ring (bicyclic) bond motifs is 7. The normalized spacial score (nSPS) is 61.5. The summed E-state index contributed by atoms with van der Waals surface area (Å²) in [5, 5.41) is 0. The zero-order valence-electron chi connectivity index (χ0n) is 13.4. The second-order valence-corrected chi connectivity index (χ2v) is 9.16. The third-order valence-corrected chi connectivity index (χ3v) is 8.54. The van der Waals surface area contributed by atoms with Crippen molar-refractivity contribution >= 4 is 5.78 Å². The van der Waals surface area contributed by atoms with E-state index in [2.05, 4.69) is 13.8 Å². The molecule has 0 amide bonds. The number of hydrogen-bond acceptors (Lipinski definition) is 2. The van der Waals surface area contributed by atoms with Gasteiger partial charge in [-0.25, -0.2) is 0 Å². The van der Waals surface area contributed by atoms with Crippen LogP contribution in [0.15, 0.2) is 0 Å². The van der Waals surface area contributed by atoms with Crippen molar-refractivity contribution in [2.45, 2.75) is 77.4 Å². The first-order valence-corrected chi connectivity index (χ1v) is 9.25. The van der Waals surface area contributed by atoms with E-state index in [-0.39, 0.29) is 11.5 Å². The molecule has 1 heterocycles. The highest BCUT2D eigenvalue weighted by Gasteiger charge is 2.72. The Morgan fingerprint density at radius 2 is 1.90 bits per heavy atom. The number of epoxide rings is 1. The number of carbonyl (C=O) groups excluding carboxylic acids is 1. The Kier molecular flexibility index (Phi) is 2.45. The molecular weight excluding hydrogens is 260 g/mol. The van der Waals surface area contributed by atoms with Crippen molar-refractivity contribution in [1.29, 1.82) is 0 Å². The van der Waals surface area contributed by atoms with Gasteiger partial charge < -0.3 is 4.74 Å². The van der Waals surface area contributed by atoms with Crippen LogP contribution in [0.25, 0.3) is 0 Å². The molecule has 8 atom stereocenters. The molecule has 4 saturated carbocycles. The van der Waals surface area contributed by atoms with Gasteiger partial charge in [0.25, 0.3) is 0 Å². The molecule has 2 nitrogen and oxygen atoms in total. The highest BCUT2D eigenvalue weighted by Crippen LogP contribution is 2.68. The van der Waals surface area contributed by atoms with E-state index in [1.54, 1.807) is 0 Å². The van der Waals surface area contributed by atoms with Gasteiger partial charge in [0.05, 0.1) is 6.10 Å². The molecule has 0 radical (unpaired) electrons. The molecule has 0 aromatic heterocycles. The predicted molar refractivity (Wildman–Crippen MR) is 80.8 cm³/mol. The van der Waals surface area contributed by atoms with Crippen LogP contribution in [0.4, 0.5) is 0 Å². The van der Waals surface area contributed by atoms with E-state index in [1.165, 1.54) is 44.9 Å². The van der Waals surface area contributed by atoms with Crippen LogP contribution in [-0.2, 0) is 9.53 Å². The van der Waals surface area contributed by atoms with E-state index in [4.69, 9.17) is 4.74 Å². The summed E-state index contributed by atoms with van der Waals surface area (Å²) in [7, 11) is 0. The third-order valence-electron chi connectivity index (χ3n) is 8.54. The van der Waals surface area contributed by atoms with Gasteiger partial charge in [0.2, 0.25) is 0 Å². The van der Waals surface area contributed by atoms with Crippen molar-refractivity contribution in [2.75, 3.05) is 0 Å². The number of ether oxygens (including phenoxy) is 1. The van der Waals surface area contributed by atoms with Crippen LogP contribution in [-0.4, -0.2) is 18.0 Å². The van der Waals surface area contributed by atoms with Gasteiger partial charge in [-0.1, -0.05) is 26.7 Å². The highest BCUT2D eigenvalue weighted by molar-refractivity contribution is 5.94. The van der Waals surface area contributed by atoms with Gasteiger partial charge >= 0.3 is 0 Å². The fraction of sp³-hybridized carbons (Fsp3) is 0.947. The Balaban J connectivity index is 1.52. The second kappa shape index (κ2) is 3.93. The summed E-state index contributed by atoms with van der Waals surface area (Å²) in [6.45, 7) is 4.86. The van der Waals surface area contributed by atoms with E-state index in [0.29, 0.717) is 23.2 Å². The predicted octanol–water partition coefficient (Wildman–Crippen LogP) is 3.98. The van der Waals surface area contributed by atoms with Gasteiger partial charge in [-0.05, 0) is 61.7 Å². The molecule has 5 rings (SSSR count). The van der Waals surface area contributed by atoms with E-state index < -0.39 is 0 Å². The highest BCUT2D eigenvalue weighted by atomic mass is 16.6. The number of rotatable bonds is 0. The number of carbonyl (C=O) groups is 1. The van der Waals surface area contributed by atoms with Gasteiger partial charge in [-0.2, -0.15) is 0 Å². The fourth-order valence-electron chi connectivity index (χ4n) is 7.37. The minimum Gasteiger partial charge on any atom is -0.361 e. The minimum absolute atomic E-state index is 0.00404. The first kappa shape index (κ1) is 13.1. The first-order valence-electron chi connectivity index (χ1n) is 9.25. The summed E-state index contributed by atoms with van der Waals surface area (Å²) in [5.74, 6) is 3.60. The number of hydrogen-bond donors (Lipinski definition) is 0. The van der Waals surface area contributed by atoms with Crippen molar-refractivity contribution in [3.05, 3.63) is 0 Å². The molecule has 0 N–H and O–H groups in total. The van der Waals surface area contributed by atoms with Crippen LogP contribution < -0.4 is 0 Å². The SMILES string of the molecule is C[C@]12CCCC[C@@H]1CC[C@@H]1[C@@H]3[C@@H]4O[C@H]4C(=O)[C@@]3(C)CC[C@H]12. The van der Waals surface area contributed by atoms with Crippen LogP contribution >= 0.6 is 0 Å². The lowest BCUT2D eigenvalue weighted by Crippen LogP contribution is -2.54. The maximum absolute atomic E-state index is 12.6. The largest absolute Gasteiger partial charge is 0.361 e. The molecule has 0 aromatic carbocycles. The monoisotopic (exact) mass is 288 g/mol. The Morgan fingerprint density at radius 3 is 2.76 bits per heavy atom. The Hall–Kier alpha value is -0.370. The molecule has 2 heteroatoms. The summed E-state index contributed by atoms with van der Waals surface area (Å²) in [4.78, 5) is 12.6. The summed E-state index contributed by atoms with van der Waals surface area (Å²) < 4.78 is 5.77. The lowest BCUT2D eigenvalue weighted by molar-refractivity contribution is -0.149. The van der Waals surface area contributed by atoms with Gasteiger partial charge in [0, 0.05) is 11.3 Å². The second-order valence-electron chi connectivity index (χ2n) is 9.16. The zero-order valence-corrected chi connectivity index (χ0v) is 13.4. The molecule has 0 unspecified atom stereocenters. The molecule has 1 saturated heterocycles. The van der Waals surface area contributed by atoms with Gasteiger partial charge in [0.15, 0.2) is 5.78 Å². The molecule has 0 spiro atoms. The minimum atomic E-state index is -0.0351. The summed E-state index contributed by atoms with van der Waals surface area (Å²) >= 11 is 0. The molecule has 5 aliphatic rings. The summed E-state index contributed by atoms with van der Waals surface area (Å²) in [6, 6.07) is 0. The summed E-state index contributed by atoms with van der Waals surface area (Å²) in [5.41, 5.74) is 0.533. The van der Waals surface area contributed by atoms with Gasteiger partial charge in [-0.15, -0.1) is 0 Å². The average Bonchev–Trinajstić information content (AvgIpc) is 3.21. The molecule has 5 fully saturated rings. The lowest BCUT2D eigenvalue weighted by atomic mass is 9.45. The Labute approximate surface area is 128 Å². The Bertz CT molecular complexity index is 500. The molecule has 21 heavy (non-hydrogen) atoms. The van der Waals surface area contributed by atoms with Gasteiger partial charge in [0.1, 0.15) is 6.10 Å². The Morgan fingerprint density at radius 1 is 1.05 bits per heavy atom. The number of Topliss-reactive ketones (excluding diaryl/α,β-unsaturated/α-hetero) is 1. The third kappa shape index (κ3) is 1.46. The van der Waals surface area contributed by atoms with Crippen molar-refractivity contribution in [2.24, 2.45) is 34.5 Å². The van der Waals surface area contributed by atoms with Crippen LogP contribution in [0, 0.1) is 34.5 Å². The van der Waals surface area contributed by atoms with Crippen LogP contribution in [0.2, 0.25) is 0 Å². The molecule has 0 bridgehead atoms. The molecular formula is C19H28O2. The molecule has 0 aromatic rings. The first-order chi connectivity index (χ1) is 10.1. The lowest BCUT2D eigenvalue weighted by Gasteiger charge is -2.59. The smallest absolute Gasteiger partial charge is 0.170 e. The molecule has 116 valence electrons. The van der Waals surface area contributed by atoms with Crippen LogP contribution in [0.3, 0.4) is 0 Å². The van der Waals surface area contributed by atoms with E-state index in [9.17, 15) is 4.79 Å². The number of ketones is 1. The average molecular weight is 288 g/mol. The van der Waals surface area contributed by atoms with Crippen molar-refractivity contribution < 1.29 is 9.53 Å². The molecule has 4 aliphatic carbocycles. The van der Waals surface area contributed by atoms with Crippen molar-refractivity contribution in [3.8, 4) is 0 Å². The topological polar surface area (TPSA) is 29.6 Å². The van der Waals surface area contributed by atoms with Crippen molar-refractivity contribution in [1.82, 2.24) is 0 Å². The fourth-order valence-corrected chi connectivity index (χ4v) is 7.37. The van der Waals surface area contributed by atoms with Gasteiger partial charge in [-0.3, -0.25) is 4.79 Å². The summed E-state index contributed by atoms with van der Waals surface area (Å²) in [6.07, 6.45) is 11.3. The molecule has 1 aliphatic heterocycles. The van der Waals surface area contributed by atoms with E-state index in [1.807, 2.05) is 0 Å². The van der Waals surface area contributed by atoms with Crippen molar-refractivity contribution in [3.63, 3.8) is 0 Å². The van der Waals surface area contributed by atoms with E-state index in [0.717, 1.165) is 24.2 Å².